The molecule has 1 aliphatic heterocycles. The smallest absolute Gasteiger partial charge is 0.0994 e. The molecule has 2 rings (SSSR count). The molecular weight excluding hydrogens is 172 g/mol. The third kappa shape index (κ3) is 1.94. The first kappa shape index (κ1) is 9.23. The average molecular weight is 186 g/mol. The lowest BCUT2D eigenvalue weighted by atomic mass is 10.0. The summed E-state index contributed by atoms with van der Waals surface area (Å²) in [4.78, 5) is 2.42. The second-order valence-electron chi connectivity index (χ2n) is 3.71. The van der Waals surface area contributed by atoms with Crippen LogP contribution in [0.2, 0.25) is 0 Å². The van der Waals surface area contributed by atoms with Gasteiger partial charge in [-0.2, -0.15) is 5.26 Å². The second-order valence-corrected chi connectivity index (χ2v) is 3.71. The Hall–Kier alpha value is -1.33. The molecule has 0 bridgehead atoms. The van der Waals surface area contributed by atoms with Gasteiger partial charge in [0.25, 0.3) is 0 Å². The van der Waals surface area contributed by atoms with Crippen LogP contribution in [0.25, 0.3) is 0 Å². The molecule has 1 aromatic rings. The number of benzene rings is 1. The van der Waals surface area contributed by atoms with Crippen LogP contribution in [0.5, 0.6) is 0 Å². The van der Waals surface area contributed by atoms with Crippen molar-refractivity contribution in [1.29, 1.82) is 5.26 Å². The molecule has 0 atom stereocenters. The van der Waals surface area contributed by atoms with E-state index >= 15 is 0 Å². The van der Waals surface area contributed by atoms with Gasteiger partial charge in [-0.1, -0.05) is 18.2 Å². The van der Waals surface area contributed by atoms with E-state index in [-0.39, 0.29) is 0 Å². The summed E-state index contributed by atoms with van der Waals surface area (Å²) in [5.41, 5.74) is 2.01. The Morgan fingerprint density at radius 2 is 2.07 bits per heavy atom. The van der Waals surface area contributed by atoms with Crippen molar-refractivity contribution in [3.63, 3.8) is 0 Å². The summed E-state index contributed by atoms with van der Waals surface area (Å²) in [6, 6.07) is 10.1. The number of nitrogens with zero attached hydrogens (tertiary/aromatic N) is 2. The van der Waals surface area contributed by atoms with Crippen molar-refractivity contribution in [2.45, 2.75) is 12.8 Å². The first-order chi connectivity index (χ1) is 6.90. The third-order valence-electron chi connectivity index (χ3n) is 2.78. The largest absolute Gasteiger partial charge is 0.303 e. The fourth-order valence-corrected chi connectivity index (χ4v) is 1.73. The Morgan fingerprint density at radius 3 is 2.71 bits per heavy atom. The Balaban J connectivity index is 1.97. The SMILES string of the molecule is N#Cc1ccccc1CCN1CCC1. The summed E-state index contributed by atoms with van der Waals surface area (Å²) in [6.45, 7) is 3.56. The molecule has 1 fully saturated rings. The van der Waals surface area contributed by atoms with Gasteiger partial charge < -0.3 is 4.90 Å². The molecule has 2 heteroatoms. The van der Waals surface area contributed by atoms with Crippen LogP contribution < -0.4 is 0 Å². The highest BCUT2D eigenvalue weighted by molar-refractivity contribution is 5.37. The molecule has 0 unspecified atom stereocenters. The van der Waals surface area contributed by atoms with E-state index in [2.05, 4.69) is 17.0 Å². The van der Waals surface area contributed by atoms with Gasteiger partial charge in [-0.25, -0.2) is 0 Å². The number of likely N-dealkylation sites (tertiary alicyclic amines) is 1. The summed E-state index contributed by atoms with van der Waals surface area (Å²) >= 11 is 0. The highest BCUT2D eigenvalue weighted by Gasteiger charge is 2.13. The van der Waals surface area contributed by atoms with E-state index < -0.39 is 0 Å². The molecule has 1 aliphatic rings. The topological polar surface area (TPSA) is 27.0 Å². The minimum atomic E-state index is 0.827. The molecule has 0 aliphatic carbocycles. The molecule has 72 valence electrons. The lowest BCUT2D eigenvalue weighted by Gasteiger charge is -2.30. The standard InChI is InChI=1S/C12H14N2/c13-10-12-5-2-1-4-11(12)6-9-14-7-3-8-14/h1-2,4-5H,3,6-9H2. The predicted molar refractivity (Wildman–Crippen MR) is 55.9 cm³/mol. The molecule has 14 heavy (non-hydrogen) atoms. The predicted octanol–water partition coefficient (Wildman–Crippen LogP) is 1.81. The summed E-state index contributed by atoms with van der Waals surface area (Å²) in [5, 5.41) is 8.89. The van der Waals surface area contributed by atoms with Crippen molar-refractivity contribution in [2.24, 2.45) is 0 Å². The van der Waals surface area contributed by atoms with Gasteiger partial charge in [0.15, 0.2) is 0 Å². The third-order valence-corrected chi connectivity index (χ3v) is 2.78. The number of nitriles is 1. The highest BCUT2D eigenvalue weighted by atomic mass is 15.2. The van der Waals surface area contributed by atoms with Crippen molar-refractivity contribution >= 4 is 0 Å². The Kier molecular flexibility index (Phi) is 2.81. The number of hydrogen-bond donors (Lipinski definition) is 0. The van der Waals surface area contributed by atoms with Crippen LogP contribution >= 0.6 is 0 Å². The van der Waals surface area contributed by atoms with E-state index in [1.807, 2.05) is 18.2 Å². The van der Waals surface area contributed by atoms with Crippen LogP contribution in [-0.4, -0.2) is 24.5 Å². The molecule has 1 heterocycles. The van der Waals surface area contributed by atoms with Crippen LogP contribution in [0.4, 0.5) is 0 Å². The quantitative estimate of drug-likeness (QED) is 0.719. The van der Waals surface area contributed by atoms with Crippen molar-refractivity contribution < 1.29 is 0 Å². The Morgan fingerprint density at radius 1 is 1.29 bits per heavy atom. The van der Waals surface area contributed by atoms with Gasteiger partial charge in [0.2, 0.25) is 0 Å². The minimum absolute atomic E-state index is 0.827. The van der Waals surface area contributed by atoms with Gasteiger partial charge in [0.1, 0.15) is 0 Å². The van der Waals surface area contributed by atoms with Crippen LogP contribution in [0.3, 0.4) is 0 Å². The lowest BCUT2D eigenvalue weighted by molar-refractivity contribution is 0.184. The van der Waals surface area contributed by atoms with Crippen molar-refractivity contribution in [3.8, 4) is 6.07 Å². The highest BCUT2D eigenvalue weighted by Crippen LogP contribution is 2.11. The number of hydrogen-bond acceptors (Lipinski definition) is 2. The number of rotatable bonds is 3. The van der Waals surface area contributed by atoms with E-state index in [9.17, 15) is 0 Å². The van der Waals surface area contributed by atoms with Crippen molar-refractivity contribution in [1.82, 2.24) is 4.90 Å². The molecule has 0 radical (unpaired) electrons. The molecule has 0 amide bonds. The zero-order valence-corrected chi connectivity index (χ0v) is 8.24. The van der Waals surface area contributed by atoms with Crippen molar-refractivity contribution in [2.75, 3.05) is 19.6 Å². The first-order valence-corrected chi connectivity index (χ1v) is 5.10. The molecule has 2 nitrogen and oxygen atoms in total. The van der Waals surface area contributed by atoms with E-state index in [1.165, 1.54) is 25.1 Å². The zero-order valence-electron chi connectivity index (χ0n) is 8.24. The van der Waals surface area contributed by atoms with Gasteiger partial charge in [0.05, 0.1) is 11.6 Å². The van der Waals surface area contributed by atoms with E-state index in [4.69, 9.17) is 5.26 Å². The fourth-order valence-electron chi connectivity index (χ4n) is 1.73. The molecular formula is C12H14N2. The summed E-state index contributed by atoms with van der Waals surface area (Å²) in [6.07, 6.45) is 2.34. The van der Waals surface area contributed by atoms with Gasteiger partial charge in [-0.15, -0.1) is 0 Å². The lowest BCUT2D eigenvalue weighted by Crippen LogP contribution is -2.38. The first-order valence-electron chi connectivity index (χ1n) is 5.10. The molecule has 1 aromatic carbocycles. The molecule has 0 saturated carbocycles. The Bertz CT molecular complexity index is 348. The molecule has 0 N–H and O–H groups in total. The maximum absolute atomic E-state index is 8.89. The van der Waals surface area contributed by atoms with E-state index in [1.54, 1.807) is 0 Å². The van der Waals surface area contributed by atoms with Gasteiger partial charge in [-0.05, 0) is 37.6 Å². The maximum Gasteiger partial charge on any atom is 0.0994 e. The van der Waals surface area contributed by atoms with Gasteiger partial charge in [0, 0.05) is 6.54 Å². The summed E-state index contributed by atoms with van der Waals surface area (Å²) < 4.78 is 0. The molecule has 1 saturated heterocycles. The minimum Gasteiger partial charge on any atom is -0.303 e. The Labute approximate surface area is 84.8 Å². The second kappa shape index (κ2) is 4.26. The molecule has 0 aromatic heterocycles. The van der Waals surface area contributed by atoms with Crippen LogP contribution in [-0.2, 0) is 6.42 Å². The van der Waals surface area contributed by atoms with E-state index in [0.717, 1.165) is 18.5 Å². The fraction of sp³-hybridized carbons (Fsp3) is 0.417. The monoisotopic (exact) mass is 186 g/mol. The average Bonchev–Trinajstić information content (AvgIpc) is 2.16. The molecule has 0 spiro atoms. The normalized spacial score (nSPS) is 15.9. The summed E-state index contributed by atoms with van der Waals surface area (Å²) in [5.74, 6) is 0. The van der Waals surface area contributed by atoms with Crippen LogP contribution in [0.1, 0.15) is 17.5 Å². The van der Waals surface area contributed by atoms with Crippen molar-refractivity contribution in [3.05, 3.63) is 35.4 Å². The van der Waals surface area contributed by atoms with Gasteiger partial charge in [-0.3, -0.25) is 0 Å². The van der Waals surface area contributed by atoms with Gasteiger partial charge >= 0.3 is 0 Å². The van der Waals surface area contributed by atoms with Crippen LogP contribution in [0, 0.1) is 11.3 Å². The maximum atomic E-state index is 8.89. The zero-order chi connectivity index (χ0) is 9.80. The van der Waals surface area contributed by atoms with E-state index in [0.29, 0.717) is 0 Å². The van der Waals surface area contributed by atoms with Crippen LogP contribution in [0.15, 0.2) is 24.3 Å². The summed E-state index contributed by atoms with van der Waals surface area (Å²) in [7, 11) is 0.